The smallest absolute Gasteiger partial charge is 0.119 e. The molecule has 108 valence electrons. The SMILES string of the molecule is CC(C)NCc1cc(OCCOCCO)ccc1Br. The van der Waals surface area contributed by atoms with Crippen molar-refractivity contribution in [2.45, 2.75) is 26.4 Å². The maximum atomic E-state index is 8.58. The minimum absolute atomic E-state index is 0.0449. The molecular formula is C14H22BrNO3. The lowest BCUT2D eigenvalue weighted by atomic mass is 10.2. The summed E-state index contributed by atoms with van der Waals surface area (Å²) < 4.78 is 11.8. The number of hydrogen-bond acceptors (Lipinski definition) is 4. The molecule has 0 aliphatic rings. The summed E-state index contributed by atoms with van der Waals surface area (Å²) in [6.45, 7) is 6.40. The number of halogens is 1. The van der Waals surface area contributed by atoms with Crippen LogP contribution in [0.1, 0.15) is 19.4 Å². The number of aliphatic hydroxyl groups excluding tert-OH is 1. The van der Waals surface area contributed by atoms with Gasteiger partial charge in [0, 0.05) is 17.1 Å². The average Bonchev–Trinajstić information content (AvgIpc) is 2.38. The van der Waals surface area contributed by atoms with Crippen LogP contribution in [-0.4, -0.2) is 37.6 Å². The fourth-order valence-electron chi connectivity index (χ4n) is 1.48. The van der Waals surface area contributed by atoms with Crippen molar-refractivity contribution in [1.82, 2.24) is 5.32 Å². The van der Waals surface area contributed by atoms with Gasteiger partial charge in [-0.2, -0.15) is 0 Å². The van der Waals surface area contributed by atoms with Gasteiger partial charge in [-0.15, -0.1) is 0 Å². The van der Waals surface area contributed by atoms with E-state index in [1.807, 2.05) is 18.2 Å². The Labute approximate surface area is 123 Å². The van der Waals surface area contributed by atoms with Gasteiger partial charge in [0.1, 0.15) is 12.4 Å². The third-order valence-electron chi connectivity index (χ3n) is 2.45. The number of hydrogen-bond donors (Lipinski definition) is 2. The van der Waals surface area contributed by atoms with Gasteiger partial charge in [-0.05, 0) is 23.8 Å². The molecule has 0 aliphatic carbocycles. The molecule has 5 heteroatoms. The standard InChI is InChI=1S/C14H22BrNO3/c1-11(2)16-10-12-9-13(3-4-14(12)15)19-8-7-18-6-5-17/h3-4,9,11,16-17H,5-8,10H2,1-2H3. The van der Waals surface area contributed by atoms with Crippen LogP contribution in [0.5, 0.6) is 5.75 Å². The topological polar surface area (TPSA) is 50.7 Å². The van der Waals surface area contributed by atoms with Gasteiger partial charge in [-0.1, -0.05) is 29.8 Å². The van der Waals surface area contributed by atoms with Gasteiger partial charge in [-0.3, -0.25) is 0 Å². The number of benzene rings is 1. The highest BCUT2D eigenvalue weighted by Gasteiger charge is 2.03. The minimum Gasteiger partial charge on any atom is -0.491 e. The molecule has 0 radical (unpaired) electrons. The third-order valence-corrected chi connectivity index (χ3v) is 3.22. The molecular weight excluding hydrogens is 310 g/mol. The first-order valence-corrected chi connectivity index (χ1v) is 7.26. The van der Waals surface area contributed by atoms with Crippen molar-refractivity contribution in [3.63, 3.8) is 0 Å². The zero-order valence-electron chi connectivity index (χ0n) is 11.5. The number of ether oxygens (including phenoxy) is 2. The van der Waals surface area contributed by atoms with E-state index in [1.54, 1.807) is 0 Å². The molecule has 0 fully saturated rings. The Morgan fingerprint density at radius 2 is 2.05 bits per heavy atom. The number of rotatable bonds is 9. The van der Waals surface area contributed by atoms with Gasteiger partial charge in [0.25, 0.3) is 0 Å². The summed E-state index contributed by atoms with van der Waals surface area (Å²) in [5.41, 5.74) is 1.17. The van der Waals surface area contributed by atoms with Gasteiger partial charge in [-0.25, -0.2) is 0 Å². The van der Waals surface area contributed by atoms with Crippen molar-refractivity contribution >= 4 is 15.9 Å². The van der Waals surface area contributed by atoms with Crippen LogP contribution in [0.25, 0.3) is 0 Å². The molecule has 0 amide bonds. The van der Waals surface area contributed by atoms with E-state index in [0.29, 0.717) is 25.9 Å². The zero-order chi connectivity index (χ0) is 14.1. The lowest BCUT2D eigenvalue weighted by Crippen LogP contribution is -2.22. The van der Waals surface area contributed by atoms with Crippen LogP contribution in [0.2, 0.25) is 0 Å². The maximum absolute atomic E-state index is 8.58. The first-order chi connectivity index (χ1) is 9.13. The molecule has 0 unspecified atom stereocenters. The van der Waals surface area contributed by atoms with E-state index in [2.05, 4.69) is 35.1 Å². The molecule has 2 N–H and O–H groups in total. The Kier molecular flexibility index (Phi) is 8.05. The first kappa shape index (κ1) is 16.4. The van der Waals surface area contributed by atoms with E-state index in [0.717, 1.165) is 16.8 Å². The molecule has 0 heterocycles. The minimum atomic E-state index is 0.0449. The monoisotopic (exact) mass is 331 g/mol. The molecule has 1 rings (SSSR count). The molecule has 0 bridgehead atoms. The quantitative estimate of drug-likeness (QED) is 0.682. The fraction of sp³-hybridized carbons (Fsp3) is 0.571. The second-order valence-electron chi connectivity index (χ2n) is 4.47. The molecule has 0 aromatic heterocycles. The van der Waals surface area contributed by atoms with Crippen molar-refractivity contribution in [3.8, 4) is 5.75 Å². The van der Waals surface area contributed by atoms with E-state index < -0.39 is 0 Å². The Bertz CT molecular complexity index is 372. The molecule has 19 heavy (non-hydrogen) atoms. The van der Waals surface area contributed by atoms with Crippen LogP contribution in [0.3, 0.4) is 0 Å². The third kappa shape index (κ3) is 6.92. The lowest BCUT2D eigenvalue weighted by Gasteiger charge is -2.12. The predicted molar refractivity (Wildman–Crippen MR) is 79.5 cm³/mol. The summed E-state index contributed by atoms with van der Waals surface area (Å²) >= 11 is 3.53. The van der Waals surface area contributed by atoms with Crippen LogP contribution in [-0.2, 0) is 11.3 Å². The van der Waals surface area contributed by atoms with Crippen molar-refractivity contribution in [1.29, 1.82) is 0 Å². The van der Waals surface area contributed by atoms with Crippen LogP contribution >= 0.6 is 15.9 Å². The molecule has 0 saturated heterocycles. The Morgan fingerprint density at radius 3 is 2.74 bits per heavy atom. The molecule has 0 aliphatic heterocycles. The summed E-state index contributed by atoms with van der Waals surface area (Å²) in [5, 5.41) is 12.0. The second-order valence-corrected chi connectivity index (χ2v) is 5.33. The highest BCUT2D eigenvalue weighted by atomic mass is 79.9. The number of nitrogens with one attached hydrogen (secondary N) is 1. The maximum Gasteiger partial charge on any atom is 0.119 e. The van der Waals surface area contributed by atoms with Crippen molar-refractivity contribution in [3.05, 3.63) is 28.2 Å². The van der Waals surface area contributed by atoms with Crippen molar-refractivity contribution in [2.75, 3.05) is 26.4 Å². The van der Waals surface area contributed by atoms with Gasteiger partial charge in [0.05, 0.1) is 19.8 Å². The number of aliphatic hydroxyl groups is 1. The summed E-state index contributed by atoms with van der Waals surface area (Å²) in [6, 6.07) is 6.38. The van der Waals surface area contributed by atoms with Crippen molar-refractivity contribution in [2.24, 2.45) is 0 Å². The fourth-order valence-corrected chi connectivity index (χ4v) is 1.86. The van der Waals surface area contributed by atoms with E-state index in [4.69, 9.17) is 14.6 Å². The normalized spacial score (nSPS) is 11.0. The predicted octanol–water partition coefficient (Wildman–Crippen LogP) is 2.33. The van der Waals surface area contributed by atoms with E-state index in [-0.39, 0.29) is 6.61 Å². The van der Waals surface area contributed by atoms with Crippen LogP contribution < -0.4 is 10.1 Å². The molecule has 0 atom stereocenters. The summed E-state index contributed by atoms with van der Waals surface area (Å²) in [4.78, 5) is 0. The Morgan fingerprint density at radius 1 is 1.26 bits per heavy atom. The van der Waals surface area contributed by atoms with Gasteiger partial charge in [0.15, 0.2) is 0 Å². The Balaban J connectivity index is 2.43. The summed E-state index contributed by atoms with van der Waals surface area (Å²) in [7, 11) is 0. The average molecular weight is 332 g/mol. The Hall–Kier alpha value is -0.620. The van der Waals surface area contributed by atoms with Crippen LogP contribution in [0, 0.1) is 0 Å². The van der Waals surface area contributed by atoms with E-state index in [1.165, 1.54) is 5.56 Å². The second kappa shape index (κ2) is 9.31. The van der Waals surface area contributed by atoms with Gasteiger partial charge >= 0.3 is 0 Å². The van der Waals surface area contributed by atoms with Crippen molar-refractivity contribution < 1.29 is 14.6 Å². The van der Waals surface area contributed by atoms with Crippen LogP contribution in [0.4, 0.5) is 0 Å². The van der Waals surface area contributed by atoms with E-state index in [9.17, 15) is 0 Å². The molecule has 1 aromatic carbocycles. The largest absolute Gasteiger partial charge is 0.491 e. The van der Waals surface area contributed by atoms with Gasteiger partial charge in [0.2, 0.25) is 0 Å². The molecule has 0 spiro atoms. The summed E-state index contributed by atoms with van der Waals surface area (Å²) in [5.74, 6) is 0.830. The zero-order valence-corrected chi connectivity index (χ0v) is 13.1. The van der Waals surface area contributed by atoms with Gasteiger partial charge < -0.3 is 19.9 Å². The first-order valence-electron chi connectivity index (χ1n) is 6.46. The highest BCUT2D eigenvalue weighted by molar-refractivity contribution is 9.10. The highest BCUT2D eigenvalue weighted by Crippen LogP contribution is 2.22. The molecule has 1 aromatic rings. The van der Waals surface area contributed by atoms with E-state index >= 15 is 0 Å². The molecule has 0 saturated carbocycles. The lowest BCUT2D eigenvalue weighted by molar-refractivity contribution is 0.0705. The molecule has 4 nitrogen and oxygen atoms in total. The summed E-state index contributed by atoms with van der Waals surface area (Å²) in [6.07, 6.45) is 0. The van der Waals surface area contributed by atoms with Crippen LogP contribution in [0.15, 0.2) is 22.7 Å².